The molecule has 0 radical (unpaired) electrons. The van der Waals surface area contributed by atoms with Gasteiger partial charge in [0.1, 0.15) is 26.7 Å². The van der Waals surface area contributed by atoms with E-state index in [4.69, 9.17) is 27.1 Å². The molecule has 3 aliphatic rings. The largest absolute Gasteiger partial charge is 0.376 e. The second-order valence-electron chi connectivity index (χ2n) is 5.69. The maximum absolute atomic E-state index is 8.61. The number of aliphatic hydroxyl groups is 3. The van der Waals surface area contributed by atoms with E-state index in [-0.39, 0.29) is 38.0 Å². The molecule has 4 rings (SSSR count). The number of hydrogen-bond acceptors (Lipinski definition) is 10. The lowest BCUT2D eigenvalue weighted by Crippen LogP contribution is -2.13. The van der Waals surface area contributed by atoms with Crippen LogP contribution >= 0.6 is 6.49 Å². The summed E-state index contributed by atoms with van der Waals surface area (Å²) in [5, 5.41) is 33.2. The summed E-state index contributed by atoms with van der Waals surface area (Å²) in [6, 6.07) is 0. The zero-order valence-corrected chi connectivity index (χ0v) is 16.0. The Kier molecular flexibility index (Phi) is 6.53. The predicted molar refractivity (Wildman–Crippen MR) is 101 cm³/mol. The van der Waals surface area contributed by atoms with Gasteiger partial charge in [0.25, 0.3) is 0 Å². The Hall–Kier alpha value is -1.18. The number of nitrogens with one attached hydrogen (secondary N) is 3. The van der Waals surface area contributed by atoms with Crippen molar-refractivity contribution < 1.29 is 15.3 Å². The molecule has 0 bridgehead atoms. The summed E-state index contributed by atoms with van der Waals surface area (Å²) < 4.78 is 7.47. The van der Waals surface area contributed by atoms with E-state index in [1.54, 1.807) is 0 Å². The molecule has 0 saturated carbocycles. The fraction of sp³-hybridized carbons (Fsp3) is 0.750. The van der Waals surface area contributed by atoms with E-state index in [9.17, 15) is 0 Å². The summed E-state index contributed by atoms with van der Waals surface area (Å²) in [7, 11) is 0. The Morgan fingerprint density at radius 3 is 1.15 bits per heavy atom. The van der Waals surface area contributed by atoms with Crippen molar-refractivity contribution in [1.82, 2.24) is 29.0 Å². The van der Waals surface area contributed by atoms with Crippen LogP contribution in [0.4, 0.5) is 17.8 Å². The molecule has 3 saturated heterocycles. The van der Waals surface area contributed by atoms with E-state index in [1.807, 2.05) is 0 Å². The average molecular weight is 405 g/mol. The lowest BCUT2D eigenvalue weighted by atomic mass is 10.8. The van der Waals surface area contributed by atoms with Crippen LogP contribution in [0.2, 0.25) is 0 Å². The molecule has 3 fully saturated rings. The third kappa shape index (κ3) is 4.96. The molecule has 6 N–H and O–H groups in total. The highest BCUT2D eigenvalue weighted by Crippen LogP contribution is 2.65. The van der Waals surface area contributed by atoms with E-state index in [2.05, 4.69) is 44.9 Å². The molecule has 0 unspecified atom stereocenters. The van der Waals surface area contributed by atoms with Crippen molar-refractivity contribution in [1.29, 1.82) is 0 Å². The first-order valence-corrected chi connectivity index (χ1v) is 10.9. The van der Waals surface area contributed by atoms with Gasteiger partial charge in [0.2, 0.25) is 17.8 Å². The third-order valence-electron chi connectivity index (χ3n) is 3.72. The zero-order valence-electron chi connectivity index (χ0n) is 14.2. The molecule has 12 nitrogen and oxygen atoms in total. The molecular formula is C12H24N9O3PS. The van der Waals surface area contributed by atoms with Gasteiger partial charge >= 0.3 is 0 Å². The molecule has 3 aliphatic heterocycles. The number of aromatic nitrogens is 3. The summed E-state index contributed by atoms with van der Waals surface area (Å²) in [6.07, 6.45) is 0. The van der Waals surface area contributed by atoms with Crippen molar-refractivity contribution in [3.63, 3.8) is 0 Å². The summed E-state index contributed by atoms with van der Waals surface area (Å²) in [6.45, 7) is 5.26. The van der Waals surface area contributed by atoms with Crippen molar-refractivity contribution in [3.05, 3.63) is 0 Å². The fourth-order valence-corrected chi connectivity index (χ4v) is 6.65. The first-order valence-electron chi connectivity index (χ1n) is 8.28. The fourth-order valence-electron chi connectivity index (χ4n) is 2.28. The Morgan fingerprint density at radius 1 is 0.692 bits per heavy atom. The molecule has 0 aromatic carbocycles. The van der Waals surface area contributed by atoms with Gasteiger partial charge in [-0.25, -0.2) is 14.0 Å². The van der Waals surface area contributed by atoms with Crippen molar-refractivity contribution in [3.8, 4) is 0 Å². The average Bonchev–Trinajstić information content (AvgIpc) is 3.51. The molecule has 1 aromatic rings. The smallest absolute Gasteiger partial charge is 0.231 e. The SMILES string of the molecule is OCNc1nc(NCO)nc(NCO)n1.S=P(N1CC1)(N1CC1)N1CC1. The minimum atomic E-state index is -1.27. The number of hydrogen-bond donors (Lipinski definition) is 6. The standard InChI is InChI=1S/C6H12N6O3.C6H12N3PS/c13-1-7-4-10-5(8-2-14)12-6(11-4)9-3-15;11-10(7-1-2-7,8-3-4-8)9-5-6-9/h13-15H,1-3H2,(H3,7,8,9,10,11,12);1-6H2. The van der Waals surface area contributed by atoms with Crippen LogP contribution < -0.4 is 16.0 Å². The predicted octanol–water partition coefficient (Wildman–Crippen LogP) is -1.89. The van der Waals surface area contributed by atoms with Gasteiger partial charge in [0, 0.05) is 39.3 Å². The highest BCUT2D eigenvalue weighted by Gasteiger charge is 2.50. The minimum Gasteiger partial charge on any atom is -0.376 e. The first-order chi connectivity index (χ1) is 12.6. The van der Waals surface area contributed by atoms with E-state index >= 15 is 0 Å². The monoisotopic (exact) mass is 405 g/mol. The zero-order chi connectivity index (χ0) is 18.6. The van der Waals surface area contributed by atoms with E-state index in [0.717, 1.165) is 0 Å². The van der Waals surface area contributed by atoms with E-state index in [1.165, 1.54) is 39.3 Å². The molecule has 0 atom stereocenters. The van der Waals surface area contributed by atoms with Crippen LogP contribution in [-0.2, 0) is 11.8 Å². The molecular weight excluding hydrogens is 381 g/mol. The highest BCUT2D eigenvalue weighted by molar-refractivity contribution is 8.11. The molecule has 146 valence electrons. The third-order valence-corrected chi connectivity index (χ3v) is 9.21. The van der Waals surface area contributed by atoms with Gasteiger partial charge in [0.15, 0.2) is 0 Å². The van der Waals surface area contributed by atoms with Crippen molar-refractivity contribution in [2.75, 3.05) is 75.4 Å². The molecule has 14 heteroatoms. The number of nitrogens with zero attached hydrogens (tertiary/aromatic N) is 6. The lowest BCUT2D eigenvalue weighted by molar-refractivity contribution is 0.322. The number of anilines is 3. The van der Waals surface area contributed by atoms with Crippen LogP contribution in [-0.4, -0.2) is 104 Å². The second-order valence-corrected chi connectivity index (χ2v) is 9.88. The lowest BCUT2D eigenvalue weighted by Gasteiger charge is -2.25. The van der Waals surface area contributed by atoms with Gasteiger partial charge in [-0.1, -0.05) is 0 Å². The van der Waals surface area contributed by atoms with Crippen LogP contribution in [0.25, 0.3) is 0 Å². The summed E-state index contributed by atoms with van der Waals surface area (Å²) in [5.74, 6) is 0.373. The van der Waals surface area contributed by atoms with Crippen LogP contribution in [0.15, 0.2) is 0 Å². The first kappa shape index (κ1) is 19.6. The van der Waals surface area contributed by atoms with Crippen LogP contribution in [0.3, 0.4) is 0 Å². The van der Waals surface area contributed by atoms with E-state index < -0.39 is 6.49 Å². The second kappa shape index (κ2) is 8.67. The van der Waals surface area contributed by atoms with Gasteiger partial charge in [-0.2, -0.15) is 15.0 Å². The molecule has 1 aromatic heterocycles. The van der Waals surface area contributed by atoms with Crippen LogP contribution in [0.1, 0.15) is 0 Å². The van der Waals surface area contributed by atoms with Gasteiger partial charge in [-0.3, -0.25) is 0 Å². The Labute approximate surface area is 156 Å². The topological polar surface area (TPSA) is 144 Å². The Bertz CT molecular complexity index is 559. The van der Waals surface area contributed by atoms with Crippen LogP contribution in [0.5, 0.6) is 0 Å². The Morgan fingerprint density at radius 2 is 0.962 bits per heavy atom. The highest BCUT2D eigenvalue weighted by atomic mass is 32.4. The number of rotatable bonds is 9. The number of aliphatic hydroxyl groups excluding tert-OH is 3. The minimum absolute atomic E-state index is 0.124. The molecule has 4 heterocycles. The normalized spacial score (nSPS) is 19.3. The molecule has 0 amide bonds. The Balaban J connectivity index is 0.000000156. The van der Waals surface area contributed by atoms with E-state index in [0.29, 0.717) is 0 Å². The quantitative estimate of drug-likeness (QED) is 0.155. The van der Waals surface area contributed by atoms with Gasteiger partial charge in [0.05, 0.1) is 0 Å². The van der Waals surface area contributed by atoms with Gasteiger partial charge in [-0.15, -0.1) is 0 Å². The van der Waals surface area contributed by atoms with Crippen molar-refractivity contribution in [2.45, 2.75) is 0 Å². The summed E-state index contributed by atoms with van der Waals surface area (Å²) in [5.41, 5.74) is 0. The maximum Gasteiger partial charge on any atom is 0.231 e. The maximum atomic E-state index is 8.61. The van der Waals surface area contributed by atoms with Crippen LogP contribution in [0, 0.1) is 0 Å². The van der Waals surface area contributed by atoms with Gasteiger partial charge < -0.3 is 31.3 Å². The summed E-state index contributed by atoms with van der Waals surface area (Å²) in [4.78, 5) is 11.4. The summed E-state index contributed by atoms with van der Waals surface area (Å²) >= 11 is 5.75. The van der Waals surface area contributed by atoms with Crippen molar-refractivity contribution >= 4 is 36.1 Å². The van der Waals surface area contributed by atoms with Gasteiger partial charge in [-0.05, 0) is 11.8 Å². The molecule has 0 spiro atoms. The molecule has 0 aliphatic carbocycles. The van der Waals surface area contributed by atoms with Crippen molar-refractivity contribution in [2.24, 2.45) is 0 Å². The molecule has 26 heavy (non-hydrogen) atoms.